The molecule has 0 aliphatic rings. The van der Waals surface area contributed by atoms with Crippen molar-refractivity contribution in [1.82, 2.24) is 5.32 Å². The van der Waals surface area contributed by atoms with Crippen LogP contribution in [0.1, 0.15) is 251 Å². The highest BCUT2D eigenvalue weighted by Gasteiger charge is 2.17. The van der Waals surface area contributed by atoms with Crippen molar-refractivity contribution in [3.05, 3.63) is 60.8 Å². The van der Waals surface area contributed by atoms with E-state index in [9.17, 15) is 15.0 Å². The maximum atomic E-state index is 12.3. The van der Waals surface area contributed by atoms with E-state index in [-0.39, 0.29) is 12.5 Å². The standard InChI is InChI=1S/C53H97NO3/c1-3-5-7-9-11-13-15-17-18-19-20-21-22-23-24-25-26-27-28-29-30-31-32-33-34-35-37-38-40-42-44-46-48-52(56)51(50-55)54-53(57)49-47-45-43-41-39-36-16-14-12-10-8-6-4-2/h6,8,12,14,36,39,43,45-46,48,51-52,55-56H,3-5,7,9-11,13,15-35,37-38,40-42,44,47,49-50H2,1-2H3,(H,54,57)/b8-6-,14-12-,39-36-,45-43-,48-46+. The van der Waals surface area contributed by atoms with Crippen LogP contribution in [-0.2, 0) is 4.79 Å². The fourth-order valence-corrected chi connectivity index (χ4v) is 7.48. The van der Waals surface area contributed by atoms with E-state index >= 15 is 0 Å². The highest BCUT2D eigenvalue weighted by molar-refractivity contribution is 5.76. The molecule has 0 aliphatic carbocycles. The number of rotatable bonds is 45. The van der Waals surface area contributed by atoms with Gasteiger partial charge in [0.25, 0.3) is 0 Å². The van der Waals surface area contributed by atoms with Crippen molar-refractivity contribution < 1.29 is 15.0 Å². The van der Waals surface area contributed by atoms with Crippen molar-refractivity contribution in [2.24, 2.45) is 0 Å². The minimum Gasteiger partial charge on any atom is -0.394 e. The molecule has 0 aromatic rings. The third-order valence-corrected chi connectivity index (χ3v) is 11.3. The zero-order valence-corrected chi connectivity index (χ0v) is 38.1. The van der Waals surface area contributed by atoms with Crippen LogP contribution in [0.4, 0.5) is 0 Å². The van der Waals surface area contributed by atoms with E-state index in [4.69, 9.17) is 0 Å². The van der Waals surface area contributed by atoms with E-state index < -0.39 is 12.1 Å². The van der Waals surface area contributed by atoms with Crippen LogP contribution in [-0.4, -0.2) is 34.9 Å². The van der Waals surface area contributed by atoms with Gasteiger partial charge in [-0.3, -0.25) is 4.79 Å². The first kappa shape index (κ1) is 55.1. The van der Waals surface area contributed by atoms with E-state index in [1.165, 1.54) is 186 Å². The van der Waals surface area contributed by atoms with Gasteiger partial charge in [-0.1, -0.05) is 261 Å². The SMILES string of the molecule is CC/C=C\C/C=C\C/C=C\C/C=C\CCC(=O)NC(CO)C(O)/C=C/CCCCCCCCCCCCCCCCCCCCCCCCCCCCCCCC. The lowest BCUT2D eigenvalue weighted by molar-refractivity contribution is -0.122. The van der Waals surface area contributed by atoms with E-state index in [1.807, 2.05) is 12.2 Å². The Balaban J connectivity index is 3.49. The molecule has 57 heavy (non-hydrogen) atoms. The third-order valence-electron chi connectivity index (χ3n) is 11.3. The van der Waals surface area contributed by atoms with Gasteiger partial charge in [0.1, 0.15) is 0 Å². The second-order valence-corrected chi connectivity index (χ2v) is 16.9. The molecule has 0 aliphatic heterocycles. The molecule has 0 fully saturated rings. The minimum absolute atomic E-state index is 0.144. The number of unbranched alkanes of at least 4 members (excludes halogenated alkanes) is 30. The summed E-state index contributed by atoms with van der Waals surface area (Å²) < 4.78 is 0. The zero-order valence-electron chi connectivity index (χ0n) is 38.1. The Morgan fingerprint density at radius 1 is 0.439 bits per heavy atom. The predicted octanol–water partition coefficient (Wildman–Crippen LogP) is 16.1. The van der Waals surface area contributed by atoms with Crippen LogP contribution in [0.5, 0.6) is 0 Å². The smallest absolute Gasteiger partial charge is 0.220 e. The Bertz CT molecular complexity index is 950. The summed E-state index contributed by atoms with van der Waals surface area (Å²) in [7, 11) is 0. The molecule has 0 aromatic carbocycles. The lowest BCUT2D eigenvalue weighted by Crippen LogP contribution is -2.45. The zero-order chi connectivity index (χ0) is 41.4. The summed E-state index contributed by atoms with van der Waals surface area (Å²) in [5.41, 5.74) is 0. The molecule has 1 amide bonds. The fourth-order valence-electron chi connectivity index (χ4n) is 7.48. The summed E-state index contributed by atoms with van der Waals surface area (Å²) >= 11 is 0. The Labute approximate surface area is 356 Å². The normalized spacial score (nSPS) is 13.4. The summed E-state index contributed by atoms with van der Waals surface area (Å²) in [6.07, 6.45) is 68.2. The number of hydrogen-bond acceptors (Lipinski definition) is 3. The number of amides is 1. The average molecular weight is 796 g/mol. The summed E-state index contributed by atoms with van der Waals surface area (Å²) in [6, 6.07) is -0.662. The molecule has 0 saturated carbocycles. The molecule has 0 spiro atoms. The Morgan fingerprint density at radius 3 is 1.12 bits per heavy atom. The van der Waals surface area contributed by atoms with E-state index in [1.54, 1.807) is 6.08 Å². The number of aliphatic hydroxyl groups is 2. The Morgan fingerprint density at radius 2 is 0.772 bits per heavy atom. The summed E-state index contributed by atoms with van der Waals surface area (Å²) in [4.78, 5) is 12.3. The van der Waals surface area contributed by atoms with Gasteiger partial charge in [0.2, 0.25) is 5.91 Å². The highest BCUT2D eigenvalue weighted by Crippen LogP contribution is 2.17. The molecule has 0 heterocycles. The molecule has 0 bridgehead atoms. The predicted molar refractivity (Wildman–Crippen MR) is 253 cm³/mol. The van der Waals surface area contributed by atoms with Gasteiger partial charge >= 0.3 is 0 Å². The number of carbonyl (C=O) groups is 1. The van der Waals surface area contributed by atoms with Crippen molar-refractivity contribution in [3.63, 3.8) is 0 Å². The minimum atomic E-state index is -0.870. The monoisotopic (exact) mass is 796 g/mol. The third kappa shape index (κ3) is 45.0. The molecule has 0 saturated heterocycles. The Hall–Kier alpha value is -1.91. The maximum absolute atomic E-state index is 12.3. The fraction of sp³-hybridized carbons (Fsp3) is 0.792. The van der Waals surface area contributed by atoms with E-state index in [0.717, 1.165) is 38.5 Å². The largest absolute Gasteiger partial charge is 0.394 e. The Kier molecular flexibility index (Phi) is 46.8. The van der Waals surface area contributed by atoms with Gasteiger partial charge in [-0.15, -0.1) is 0 Å². The second-order valence-electron chi connectivity index (χ2n) is 16.9. The van der Waals surface area contributed by atoms with E-state index in [0.29, 0.717) is 12.8 Å². The molecule has 4 nitrogen and oxygen atoms in total. The maximum Gasteiger partial charge on any atom is 0.220 e. The van der Waals surface area contributed by atoms with Gasteiger partial charge in [-0.25, -0.2) is 0 Å². The first-order valence-electron chi connectivity index (χ1n) is 25.0. The highest BCUT2D eigenvalue weighted by atomic mass is 16.3. The van der Waals surface area contributed by atoms with Crippen molar-refractivity contribution >= 4 is 5.91 Å². The van der Waals surface area contributed by atoms with Crippen molar-refractivity contribution in [2.75, 3.05) is 6.61 Å². The van der Waals surface area contributed by atoms with Crippen molar-refractivity contribution in [2.45, 2.75) is 264 Å². The summed E-state index contributed by atoms with van der Waals surface area (Å²) in [6.45, 7) is 4.17. The first-order chi connectivity index (χ1) is 28.2. The number of allylic oxidation sites excluding steroid dienone is 9. The molecule has 2 atom stereocenters. The molecule has 0 aromatic heterocycles. The lowest BCUT2D eigenvalue weighted by Gasteiger charge is -2.19. The molecule has 4 heteroatoms. The average Bonchev–Trinajstić information content (AvgIpc) is 3.22. The van der Waals surface area contributed by atoms with Gasteiger partial charge in [-0.05, 0) is 44.9 Å². The molecular weight excluding hydrogens is 699 g/mol. The summed E-state index contributed by atoms with van der Waals surface area (Å²) in [5.74, 6) is -0.144. The molecule has 2 unspecified atom stereocenters. The first-order valence-corrected chi connectivity index (χ1v) is 25.0. The van der Waals surface area contributed by atoms with Crippen LogP contribution < -0.4 is 5.32 Å². The van der Waals surface area contributed by atoms with Crippen molar-refractivity contribution in [3.8, 4) is 0 Å². The number of nitrogens with one attached hydrogen (secondary N) is 1. The number of hydrogen-bond donors (Lipinski definition) is 3. The van der Waals surface area contributed by atoms with Gasteiger partial charge in [0.05, 0.1) is 18.8 Å². The van der Waals surface area contributed by atoms with Crippen LogP contribution in [0.3, 0.4) is 0 Å². The van der Waals surface area contributed by atoms with Crippen LogP contribution >= 0.6 is 0 Å². The molecule has 0 radical (unpaired) electrons. The van der Waals surface area contributed by atoms with E-state index in [2.05, 4.69) is 61.7 Å². The van der Waals surface area contributed by atoms with Crippen LogP contribution in [0, 0.1) is 0 Å². The molecule has 3 N–H and O–H groups in total. The topological polar surface area (TPSA) is 69.6 Å². The molecule has 0 rings (SSSR count). The van der Waals surface area contributed by atoms with Gasteiger partial charge in [-0.2, -0.15) is 0 Å². The van der Waals surface area contributed by atoms with Gasteiger partial charge in [0.15, 0.2) is 0 Å². The number of carbonyl (C=O) groups excluding carboxylic acids is 1. The van der Waals surface area contributed by atoms with Crippen molar-refractivity contribution in [1.29, 1.82) is 0 Å². The van der Waals surface area contributed by atoms with Gasteiger partial charge < -0.3 is 15.5 Å². The number of aliphatic hydroxyl groups excluding tert-OH is 2. The molecular formula is C53H97NO3. The second kappa shape index (κ2) is 48.5. The molecule has 332 valence electrons. The lowest BCUT2D eigenvalue weighted by atomic mass is 10.0. The van der Waals surface area contributed by atoms with Crippen LogP contribution in [0.15, 0.2) is 60.8 Å². The quantitative estimate of drug-likeness (QED) is 0.0425. The van der Waals surface area contributed by atoms with Crippen LogP contribution in [0.2, 0.25) is 0 Å². The van der Waals surface area contributed by atoms with Gasteiger partial charge in [0, 0.05) is 6.42 Å². The van der Waals surface area contributed by atoms with Crippen LogP contribution in [0.25, 0.3) is 0 Å². The summed E-state index contributed by atoms with van der Waals surface area (Å²) in [5, 5.41) is 23.0.